The zero-order valence-corrected chi connectivity index (χ0v) is 12.7. The van der Waals surface area contributed by atoms with Gasteiger partial charge in [0, 0.05) is 19.3 Å². The summed E-state index contributed by atoms with van der Waals surface area (Å²) in [5.74, 6) is 1.98. The van der Waals surface area contributed by atoms with Crippen LogP contribution in [0.2, 0.25) is 0 Å². The van der Waals surface area contributed by atoms with E-state index in [-0.39, 0.29) is 18.9 Å². The Morgan fingerprint density at radius 2 is 2.13 bits per heavy atom. The summed E-state index contributed by atoms with van der Waals surface area (Å²) in [6.45, 7) is 0.993. The van der Waals surface area contributed by atoms with Crippen molar-refractivity contribution >= 4 is 5.91 Å². The van der Waals surface area contributed by atoms with Crippen molar-refractivity contribution in [1.82, 2.24) is 15.6 Å². The van der Waals surface area contributed by atoms with E-state index < -0.39 is 24.4 Å². The summed E-state index contributed by atoms with van der Waals surface area (Å²) < 4.78 is 5.58. The second-order valence-corrected chi connectivity index (χ2v) is 5.33. The Morgan fingerprint density at radius 1 is 1.35 bits per heavy atom. The number of rotatable bonds is 7. The fraction of sp³-hybridized carbons (Fsp3) is 0.500. The van der Waals surface area contributed by atoms with Gasteiger partial charge in [-0.25, -0.2) is 0 Å². The molecule has 2 heterocycles. The number of ether oxygens (including phenoxy) is 1. The number of carbonyl (C=O) groups is 1. The standard InChI is InChI=1S/C16H21N3O4/c1-2-6-19-14(20)8-12-15(21)16(22)13(23-12)10-17-9-11-5-3-4-7-18-11/h1,3-5,7,12-13,15-17,21-22H,6,8-10H2,(H,19,20)/t12-,13-,15+,16-/m1/s1. The smallest absolute Gasteiger partial charge is 0.223 e. The average Bonchev–Trinajstić information content (AvgIpc) is 2.82. The molecule has 124 valence electrons. The van der Waals surface area contributed by atoms with Crippen molar-refractivity contribution in [2.45, 2.75) is 37.4 Å². The molecule has 1 aliphatic rings. The fourth-order valence-electron chi connectivity index (χ4n) is 2.41. The number of aromatic nitrogens is 1. The Kier molecular flexibility index (Phi) is 6.50. The Hall–Kier alpha value is -1.98. The first kappa shape index (κ1) is 17.4. The van der Waals surface area contributed by atoms with Crippen molar-refractivity contribution in [1.29, 1.82) is 0 Å². The summed E-state index contributed by atoms with van der Waals surface area (Å²) in [5, 5.41) is 25.6. The molecular formula is C16H21N3O4. The van der Waals surface area contributed by atoms with Crippen LogP contribution in [0.25, 0.3) is 0 Å². The summed E-state index contributed by atoms with van der Waals surface area (Å²) in [5.41, 5.74) is 0.866. The molecule has 7 nitrogen and oxygen atoms in total. The minimum atomic E-state index is -1.10. The zero-order valence-electron chi connectivity index (χ0n) is 12.7. The molecule has 1 aromatic heterocycles. The molecule has 1 fully saturated rings. The first-order valence-electron chi connectivity index (χ1n) is 7.44. The van der Waals surface area contributed by atoms with Crippen LogP contribution in [-0.2, 0) is 16.1 Å². The molecule has 1 saturated heterocycles. The normalized spacial score (nSPS) is 26.7. The molecule has 0 unspecified atom stereocenters. The van der Waals surface area contributed by atoms with E-state index in [9.17, 15) is 15.0 Å². The number of aliphatic hydroxyl groups is 2. The van der Waals surface area contributed by atoms with Crippen LogP contribution < -0.4 is 10.6 Å². The summed E-state index contributed by atoms with van der Waals surface area (Å²) in [4.78, 5) is 15.8. The molecule has 0 bridgehead atoms. The highest BCUT2D eigenvalue weighted by molar-refractivity contribution is 5.76. The first-order valence-corrected chi connectivity index (χ1v) is 7.44. The van der Waals surface area contributed by atoms with E-state index in [0.717, 1.165) is 5.69 Å². The first-order chi connectivity index (χ1) is 11.1. The van der Waals surface area contributed by atoms with Gasteiger partial charge >= 0.3 is 0 Å². The third kappa shape index (κ3) is 5.01. The largest absolute Gasteiger partial charge is 0.388 e. The SMILES string of the molecule is C#CCNC(=O)C[C@H]1O[C@H](CNCc2ccccn2)[C@@H](O)[C@H]1O. The van der Waals surface area contributed by atoms with Crippen LogP contribution >= 0.6 is 0 Å². The van der Waals surface area contributed by atoms with Crippen LogP contribution in [0.3, 0.4) is 0 Å². The minimum absolute atomic E-state index is 0.0450. The van der Waals surface area contributed by atoms with Crippen LogP contribution in [0.4, 0.5) is 0 Å². The number of amides is 1. The molecule has 0 spiro atoms. The quantitative estimate of drug-likeness (QED) is 0.471. The van der Waals surface area contributed by atoms with Gasteiger partial charge in [-0.05, 0) is 12.1 Å². The van der Waals surface area contributed by atoms with E-state index in [4.69, 9.17) is 11.2 Å². The van der Waals surface area contributed by atoms with E-state index in [2.05, 4.69) is 21.5 Å². The second kappa shape index (κ2) is 8.60. The Bertz CT molecular complexity index is 546. The lowest BCUT2D eigenvalue weighted by atomic mass is 10.1. The molecule has 0 aliphatic carbocycles. The maximum Gasteiger partial charge on any atom is 0.223 e. The number of hydrogen-bond donors (Lipinski definition) is 4. The molecule has 7 heteroatoms. The molecule has 1 aromatic rings. The fourth-order valence-corrected chi connectivity index (χ4v) is 2.41. The van der Waals surface area contributed by atoms with Gasteiger partial charge in [-0.2, -0.15) is 0 Å². The molecule has 0 aromatic carbocycles. The highest BCUT2D eigenvalue weighted by Gasteiger charge is 2.42. The Balaban J connectivity index is 1.77. The monoisotopic (exact) mass is 319 g/mol. The number of carbonyl (C=O) groups excluding carboxylic acids is 1. The molecular weight excluding hydrogens is 298 g/mol. The van der Waals surface area contributed by atoms with Gasteiger partial charge < -0.3 is 25.6 Å². The summed E-state index contributed by atoms with van der Waals surface area (Å²) >= 11 is 0. The molecule has 0 radical (unpaired) electrons. The number of aliphatic hydroxyl groups excluding tert-OH is 2. The van der Waals surface area contributed by atoms with E-state index in [0.29, 0.717) is 13.1 Å². The van der Waals surface area contributed by atoms with Crippen molar-refractivity contribution in [2.75, 3.05) is 13.1 Å². The molecule has 4 atom stereocenters. The number of hydrogen-bond acceptors (Lipinski definition) is 6. The van der Waals surface area contributed by atoms with Crippen molar-refractivity contribution < 1.29 is 19.7 Å². The van der Waals surface area contributed by atoms with Gasteiger partial charge in [0.15, 0.2) is 0 Å². The van der Waals surface area contributed by atoms with Gasteiger partial charge in [0.1, 0.15) is 12.2 Å². The highest BCUT2D eigenvalue weighted by Crippen LogP contribution is 2.23. The number of terminal acetylenes is 1. The van der Waals surface area contributed by atoms with E-state index in [1.165, 1.54) is 0 Å². The van der Waals surface area contributed by atoms with Crippen molar-refractivity contribution in [3.63, 3.8) is 0 Å². The third-order valence-electron chi connectivity index (χ3n) is 3.61. The maximum absolute atomic E-state index is 11.6. The van der Waals surface area contributed by atoms with Gasteiger partial charge in [0.05, 0.1) is 30.9 Å². The van der Waals surface area contributed by atoms with Crippen molar-refractivity contribution in [3.8, 4) is 12.3 Å². The summed E-state index contributed by atoms with van der Waals surface area (Å²) in [6, 6.07) is 5.60. The predicted octanol–water partition coefficient (Wildman–Crippen LogP) is -1.20. The van der Waals surface area contributed by atoms with E-state index in [1.807, 2.05) is 18.2 Å². The van der Waals surface area contributed by atoms with Crippen LogP contribution in [0.5, 0.6) is 0 Å². The maximum atomic E-state index is 11.6. The molecule has 0 saturated carbocycles. The molecule has 4 N–H and O–H groups in total. The zero-order chi connectivity index (χ0) is 16.7. The molecule has 23 heavy (non-hydrogen) atoms. The van der Waals surface area contributed by atoms with E-state index >= 15 is 0 Å². The van der Waals surface area contributed by atoms with Gasteiger partial charge in [-0.15, -0.1) is 6.42 Å². The summed E-state index contributed by atoms with van der Waals surface area (Å²) in [7, 11) is 0. The van der Waals surface area contributed by atoms with Gasteiger partial charge in [-0.1, -0.05) is 12.0 Å². The predicted molar refractivity (Wildman–Crippen MR) is 83.1 cm³/mol. The van der Waals surface area contributed by atoms with Gasteiger partial charge in [-0.3, -0.25) is 9.78 Å². The molecule has 2 rings (SSSR count). The lowest BCUT2D eigenvalue weighted by Crippen LogP contribution is -2.38. The van der Waals surface area contributed by atoms with Gasteiger partial charge in [0.2, 0.25) is 5.91 Å². The lowest BCUT2D eigenvalue weighted by Gasteiger charge is -2.15. The van der Waals surface area contributed by atoms with Crippen molar-refractivity contribution in [3.05, 3.63) is 30.1 Å². The minimum Gasteiger partial charge on any atom is -0.388 e. The highest BCUT2D eigenvalue weighted by atomic mass is 16.5. The van der Waals surface area contributed by atoms with Gasteiger partial charge in [0.25, 0.3) is 0 Å². The summed E-state index contributed by atoms with van der Waals surface area (Å²) in [6.07, 6.45) is 3.24. The number of nitrogens with zero attached hydrogens (tertiary/aromatic N) is 1. The third-order valence-corrected chi connectivity index (χ3v) is 3.61. The van der Waals surface area contributed by atoms with E-state index in [1.54, 1.807) is 6.20 Å². The lowest BCUT2D eigenvalue weighted by molar-refractivity contribution is -0.124. The topological polar surface area (TPSA) is 104 Å². The molecule has 1 aliphatic heterocycles. The van der Waals surface area contributed by atoms with Crippen LogP contribution in [-0.4, -0.2) is 58.6 Å². The van der Waals surface area contributed by atoms with Crippen LogP contribution in [0.15, 0.2) is 24.4 Å². The second-order valence-electron chi connectivity index (χ2n) is 5.33. The number of pyridine rings is 1. The van der Waals surface area contributed by atoms with Crippen LogP contribution in [0, 0.1) is 12.3 Å². The van der Waals surface area contributed by atoms with Crippen molar-refractivity contribution in [2.24, 2.45) is 0 Å². The van der Waals surface area contributed by atoms with Crippen LogP contribution in [0.1, 0.15) is 12.1 Å². The Labute approximate surface area is 135 Å². The average molecular weight is 319 g/mol. The number of nitrogens with one attached hydrogen (secondary N) is 2. The Morgan fingerprint density at radius 3 is 2.83 bits per heavy atom. The molecule has 1 amide bonds.